The van der Waals surface area contributed by atoms with Gasteiger partial charge in [0, 0.05) is 12.7 Å². The molecule has 0 radical (unpaired) electrons. The molecule has 1 aliphatic heterocycles. The number of hydrogen-bond acceptors (Lipinski definition) is 3. The molecule has 124 valence electrons. The third kappa shape index (κ3) is 5.01. The van der Waals surface area contributed by atoms with Gasteiger partial charge in [0.1, 0.15) is 6.61 Å². The van der Waals surface area contributed by atoms with Crippen LogP contribution in [0.2, 0.25) is 0 Å². The van der Waals surface area contributed by atoms with Crippen LogP contribution in [0.15, 0.2) is 12.4 Å². The van der Waals surface area contributed by atoms with Crippen LogP contribution in [-0.4, -0.2) is 52.6 Å². The summed E-state index contributed by atoms with van der Waals surface area (Å²) in [7, 11) is 0. The van der Waals surface area contributed by atoms with Crippen LogP contribution in [0.4, 0.5) is 13.2 Å². The normalized spacial score (nSPS) is 18.9. The first-order valence-corrected chi connectivity index (χ1v) is 7.28. The Morgan fingerprint density at radius 2 is 2.27 bits per heavy atom. The van der Waals surface area contributed by atoms with E-state index in [1.807, 2.05) is 13.1 Å². The fraction of sp³-hybridized carbons (Fsp3) is 0.714. The van der Waals surface area contributed by atoms with Crippen molar-refractivity contribution in [1.29, 1.82) is 0 Å². The lowest BCUT2D eigenvalue weighted by molar-refractivity contribution is -0.175. The molecule has 0 saturated carbocycles. The Hall–Kier alpha value is -1.57. The molecule has 1 fully saturated rings. The molecule has 5 nitrogen and oxygen atoms in total. The van der Waals surface area contributed by atoms with E-state index in [4.69, 9.17) is 0 Å². The van der Waals surface area contributed by atoms with Gasteiger partial charge in [0.15, 0.2) is 0 Å². The average Bonchev–Trinajstić information content (AvgIpc) is 3.03. The van der Waals surface area contributed by atoms with Crippen LogP contribution in [-0.2, 0) is 16.1 Å². The van der Waals surface area contributed by atoms with Crippen LogP contribution in [0.3, 0.4) is 0 Å². The third-order valence-electron chi connectivity index (χ3n) is 3.58. The van der Waals surface area contributed by atoms with Crippen LogP contribution in [0.25, 0.3) is 0 Å². The van der Waals surface area contributed by atoms with E-state index in [0.717, 1.165) is 18.4 Å². The van der Waals surface area contributed by atoms with E-state index in [2.05, 4.69) is 9.84 Å². The van der Waals surface area contributed by atoms with Crippen molar-refractivity contribution >= 4 is 5.91 Å². The molecule has 0 spiro atoms. The smallest absolute Gasteiger partial charge is 0.372 e. The highest BCUT2D eigenvalue weighted by atomic mass is 19.4. The maximum absolute atomic E-state index is 12.1. The number of halogens is 3. The van der Waals surface area contributed by atoms with E-state index in [1.165, 1.54) is 0 Å². The summed E-state index contributed by atoms with van der Waals surface area (Å²) in [4.78, 5) is 13.8. The summed E-state index contributed by atoms with van der Waals surface area (Å²) >= 11 is 0. The molecule has 8 heteroatoms. The number of carbonyl (C=O) groups is 1. The minimum Gasteiger partial charge on any atom is -0.372 e. The summed E-state index contributed by atoms with van der Waals surface area (Å²) < 4.78 is 42.2. The number of rotatable bonds is 6. The topological polar surface area (TPSA) is 47.4 Å². The fourth-order valence-corrected chi connectivity index (χ4v) is 2.63. The van der Waals surface area contributed by atoms with Gasteiger partial charge in [-0.2, -0.15) is 18.3 Å². The quantitative estimate of drug-likeness (QED) is 0.755. The number of aryl methyl sites for hydroxylation is 1. The first kappa shape index (κ1) is 16.8. The van der Waals surface area contributed by atoms with Crippen molar-refractivity contribution in [3.63, 3.8) is 0 Å². The molecule has 1 aliphatic rings. The molecule has 0 bridgehead atoms. The van der Waals surface area contributed by atoms with Gasteiger partial charge in [-0.05, 0) is 25.3 Å². The van der Waals surface area contributed by atoms with Gasteiger partial charge in [0.25, 0.3) is 0 Å². The monoisotopic (exact) mass is 319 g/mol. The van der Waals surface area contributed by atoms with Gasteiger partial charge in [0.2, 0.25) is 5.91 Å². The molecule has 0 aliphatic carbocycles. The summed E-state index contributed by atoms with van der Waals surface area (Å²) in [5, 5.41) is 4.20. The molecule has 2 heterocycles. The Kier molecular flexibility index (Phi) is 5.44. The number of carbonyl (C=O) groups excluding carboxylic acids is 1. The molecule has 0 unspecified atom stereocenters. The Morgan fingerprint density at radius 1 is 1.50 bits per heavy atom. The van der Waals surface area contributed by atoms with Crippen molar-refractivity contribution in [2.45, 2.75) is 44.9 Å². The van der Waals surface area contributed by atoms with Crippen molar-refractivity contribution in [2.75, 3.05) is 19.8 Å². The van der Waals surface area contributed by atoms with Crippen molar-refractivity contribution in [2.24, 2.45) is 0 Å². The van der Waals surface area contributed by atoms with Gasteiger partial charge in [-0.3, -0.25) is 9.48 Å². The maximum atomic E-state index is 12.1. The Bertz CT molecular complexity index is 502. The van der Waals surface area contributed by atoms with Crippen LogP contribution in [0.1, 0.15) is 24.8 Å². The molecule has 1 saturated heterocycles. The third-order valence-corrected chi connectivity index (χ3v) is 3.58. The van der Waals surface area contributed by atoms with Crippen LogP contribution in [0.5, 0.6) is 0 Å². The molecular weight excluding hydrogens is 299 g/mol. The van der Waals surface area contributed by atoms with Gasteiger partial charge < -0.3 is 9.64 Å². The molecule has 0 N–H and O–H groups in total. The Morgan fingerprint density at radius 3 is 2.91 bits per heavy atom. The van der Waals surface area contributed by atoms with Crippen molar-refractivity contribution < 1.29 is 22.7 Å². The van der Waals surface area contributed by atoms with Crippen molar-refractivity contribution in [1.82, 2.24) is 14.7 Å². The number of nitrogens with zero attached hydrogens (tertiary/aromatic N) is 3. The van der Waals surface area contributed by atoms with E-state index < -0.39 is 12.8 Å². The van der Waals surface area contributed by atoms with E-state index in [9.17, 15) is 18.0 Å². The number of aromatic nitrogens is 2. The number of alkyl halides is 3. The van der Waals surface area contributed by atoms with E-state index in [1.54, 1.807) is 15.8 Å². The highest BCUT2D eigenvalue weighted by Crippen LogP contribution is 2.20. The molecule has 0 aromatic carbocycles. The minimum atomic E-state index is -4.35. The predicted molar refractivity (Wildman–Crippen MR) is 73.2 cm³/mol. The lowest BCUT2D eigenvalue weighted by atomic mass is 10.2. The zero-order chi connectivity index (χ0) is 16.2. The lowest BCUT2D eigenvalue weighted by Gasteiger charge is -2.24. The molecule has 2 rings (SSSR count). The van der Waals surface area contributed by atoms with Gasteiger partial charge in [-0.15, -0.1) is 0 Å². The Balaban J connectivity index is 1.78. The summed E-state index contributed by atoms with van der Waals surface area (Å²) in [5.74, 6) is -0.159. The highest BCUT2D eigenvalue weighted by molar-refractivity contribution is 5.76. The first-order valence-electron chi connectivity index (χ1n) is 7.28. The van der Waals surface area contributed by atoms with E-state index in [-0.39, 0.29) is 25.0 Å². The minimum absolute atomic E-state index is 0.0231. The van der Waals surface area contributed by atoms with Crippen molar-refractivity contribution in [3.8, 4) is 0 Å². The Labute approximate surface area is 127 Å². The molecule has 1 amide bonds. The van der Waals surface area contributed by atoms with Gasteiger partial charge in [-0.25, -0.2) is 0 Å². The number of likely N-dealkylation sites (tertiary alicyclic amines) is 1. The molecule has 1 atom stereocenters. The largest absolute Gasteiger partial charge is 0.411 e. The molecular formula is C14H20F3N3O2. The van der Waals surface area contributed by atoms with E-state index >= 15 is 0 Å². The maximum Gasteiger partial charge on any atom is 0.411 e. The summed E-state index contributed by atoms with van der Waals surface area (Å²) in [5.41, 5.74) is 1.05. The van der Waals surface area contributed by atoms with Crippen LogP contribution < -0.4 is 0 Å². The molecule has 22 heavy (non-hydrogen) atoms. The van der Waals surface area contributed by atoms with Crippen LogP contribution in [0, 0.1) is 6.92 Å². The summed E-state index contributed by atoms with van der Waals surface area (Å²) in [6, 6.07) is 0.0504. The molecule has 1 aromatic rings. The lowest BCUT2D eigenvalue weighted by Crippen LogP contribution is -2.38. The second kappa shape index (κ2) is 7.13. The SMILES string of the molecule is Cc1cnn(C[C@@H]2CCCN2C(=O)CCOCC(F)(F)F)c1. The van der Waals surface area contributed by atoms with Crippen molar-refractivity contribution in [3.05, 3.63) is 18.0 Å². The number of amides is 1. The second-order valence-electron chi connectivity index (χ2n) is 5.54. The number of ether oxygens (including phenoxy) is 1. The number of hydrogen-bond donors (Lipinski definition) is 0. The van der Waals surface area contributed by atoms with Gasteiger partial charge >= 0.3 is 6.18 Å². The zero-order valence-corrected chi connectivity index (χ0v) is 12.5. The second-order valence-corrected chi connectivity index (χ2v) is 5.54. The van der Waals surface area contributed by atoms with Crippen LogP contribution >= 0.6 is 0 Å². The average molecular weight is 319 g/mol. The predicted octanol–water partition coefficient (Wildman–Crippen LogP) is 2.15. The first-order chi connectivity index (χ1) is 10.3. The van der Waals surface area contributed by atoms with E-state index in [0.29, 0.717) is 13.1 Å². The standard InChI is InChI=1S/C14H20F3N3O2/c1-11-7-18-19(8-11)9-12-3-2-5-20(12)13(21)4-6-22-10-14(15,16)17/h7-8,12H,2-6,9-10H2,1H3/t12-/m0/s1. The van der Waals surface area contributed by atoms with Gasteiger partial charge in [-0.1, -0.05) is 0 Å². The summed E-state index contributed by atoms with van der Waals surface area (Å²) in [6.07, 6.45) is 1.08. The molecule has 1 aromatic heterocycles. The zero-order valence-electron chi connectivity index (χ0n) is 12.5. The summed E-state index contributed by atoms with van der Waals surface area (Å²) in [6.45, 7) is 1.68. The van der Waals surface area contributed by atoms with Gasteiger partial charge in [0.05, 0.1) is 31.8 Å². The highest BCUT2D eigenvalue weighted by Gasteiger charge is 2.30. The fourth-order valence-electron chi connectivity index (χ4n) is 2.63.